The maximum absolute atomic E-state index is 14.0. The molecule has 0 heterocycles. The van der Waals surface area contributed by atoms with Gasteiger partial charge in [0, 0.05) is 6.04 Å². The second kappa shape index (κ2) is 6.39. The van der Waals surface area contributed by atoms with Crippen molar-refractivity contribution in [3.8, 4) is 0 Å². The summed E-state index contributed by atoms with van der Waals surface area (Å²) in [4.78, 5) is 0. The van der Waals surface area contributed by atoms with Crippen molar-refractivity contribution in [2.75, 3.05) is 0 Å². The topological polar surface area (TPSA) is 46.2 Å². The molecule has 29 heavy (non-hydrogen) atoms. The first kappa shape index (κ1) is 23.0. The lowest BCUT2D eigenvalue weighted by molar-refractivity contribution is -0.382. The molecule has 4 aliphatic carbocycles. The highest BCUT2D eigenvalue weighted by molar-refractivity contribution is 7.90. The van der Waals surface area contributed by atoms with E-state index < -0.39 is 44.8 Å². The zero-order valence-electron chi connectivity index (χ0n) is 15.2. The molecule has 1 unspecified atom stereocenters. The lowest BCUT2D eigenvalue weighted by Crippen LogP contribution is -2.66. The fourth-order valence-corrected chi connectivity index (χ4v) is 7.00. The lowest BCUT2D eigenvalue weighted by Gasteiger charge is -2.59. The molecule has 13 heteroatoms. The number of nitrogens with one attached hydrogen (secondary N) is 1. The molecule has 4 rings (SSSR count). The number of hydrogen-bond acceptors (Lipinski definition) is 2. The molecule has 0 amide bonds. The summed E-state index contributed by atoms with van der Waals surface area (Å²) in [5, 5.41) is -6.68. The molecule has 4 fully saturated rings. The van der Waals surface area contributed by atoms with Crippen LogP contribution in [0.4, 0.5) is 39.5 Å². The fraction of sp³-hybridized carbons (Fsp3) is 1.00. The molecular weight excluding hydrogens is 441 g/mol. The largest absolute Gasteiger partial charge is 0.460 e. The van der Waals surface area contributed by atoms with Crippen molar-refractivity contribution < 1.29 is 47.9 Å². The summed E-state index contributed by atoms with van der Waals surface area (Å²) >= 11 is 0. The first-order chi connectivity index (χ1) is 12.9. The molecule has 0 spiro atoms. The Labute approximate surface area is 161 Å². The maximum atomic E-state index is 14.0. The van der Waals surface area contributed by atoms with Crippen molar-refractivity contribution in [3.05, 3.63) is 0 Å². The maximum Gasteiger partial charge on any atom is 0.460 e. The molecule has 0 radical (unpaired) electrons. The summed E-state index contributed by atoms with van der Waals surface area (Å²) < 4.78 is 143. The minimum atomic E-state index is -7.25. The Morgan fingerprint density at radius 3 is 1.52 bits per heavy atom. The Hall–Kier alpha value is -0.720. The summed E-state index contributed by atoms with van der Waals surface area (Å²) in [7, 11) is -6.57. The highest BCUT2D eigenvalue weighted by Crippen LogP contribution is 2.61. The quantitative estimate of drug-likeness (QED) is 0.570. The Balaban J connectivity index is 1.86. The minimum absolute atomic E-state index is 0.227. The van der Waals surface area contributed by atoms with Crippen molar-refractivity contribution in [3.63, 3.8) is 0 Å². The Morgan fingerprint density at radius 2 is 1.17 bits per heavy atom. The van der Waals surface area contributed by atoms with Crippen LogP contribution in [-0.2, 0) is 10.0 Å². The number of halogens is 9. The number of rotatable bonds is 6. The zero-order chi connectivity index (χ0) is 22.3. The van der Waals surface area contributed by atoms with Gasteiger partial charge < -0.3 is 0 Å². The smallest absolute Gasteiger partial charge is 0.206 e. The monoisotopic (exact) mass is 461 g/mol. The van der Waals surface area contributed by atoms with Gasteiger partial charge in [-0.1, -0.05) is 0 Å². The summed E-state index contributed by atoms with van der Waals surface area (Å²) in [6.45, 7) is 1.17. The van der Waals surface area contributed by atoms with Crippen LogP contribution < -0.4 is 4.72 Å². The van der Waals surface area contributed by atoms with E-state index in [0.717, 1.165) is 19.3 Å². The van der Waals surface area contributed by atoms with Gasteiger partial charge in [0.2, 0.25) is 0 Å². The van der Waals surface area contributed by atoms with Crippen LogP contribution in [0.15, 0.2) is 0 Å². The number of alkyl halides is 9. The van der Waals surface area contributed by atoms with Crippen molar-refractivity contribution in [2.24, 2.45) is 23.2 Å². The van der Waals surface area contributed by atoms with Crippen LogP contribution in [0, 0.1) is 23.2 Å². The highest BCUT2D eigenvalue weighted by atomic mass is 32.2. The highest BCUT2D eigenvalue weighted by Gasteiger charge is 2.85. The van der Waals surface area contributed by atoms with Gasteiger partial charge in [-0.25, -0.2) is 13.1 Å². The van der Waals surface area contributed by atoms with E-state index in [2.05, 4.69) is 0 Å². The third kappa shape index (κ3) is 3.25. The van der Waals surface area contributed by atoms with Crippen LogP contribution in [0.1, 0.15) is 45.4 Å². The van der Waals surface area contributed by atoms with Crippen LogP contribution in [0.5, 0.6) is 0 Å². The molecule has 4 aliphatic rings. The molecule has 0 aromatic rings. The van der Waals surface area contributed by atoms with E-state index in [1.165, 1.54) is 11.6 Å². The summed E-state index contributed by atoms with van der Waals surface area (Å²) in [5.41, 5.74) is -0.806. The Bertz CT molecular complexity index is 728. The third-order valence-electron chi connectivity index (χ3n) is 6.79. The van der Waals surface area contributed by atoms with E-state index in [1.807, 2.05) is 0 Å². The SMILES string of the molecule is CC(NS(=O)(=O)C(F)(F)C(F)(F)C(F)(F)C(F)(F)F)C12CC3CC(CC(C3)C1)C2. The van der Waals surface area contributed by atoms with Crippen LogP contribution >= 0.6 is 0 Å². The molecular formula is C16H20F9NO2S. The van der Waals surface area contributed by atoms with Gasteiger partial charge in [0.25, 0.3) is 10.0 Å². The molecule has 0 aliphatic heterocycles. The van der Waals surface area contributed by atoms with Crippen molar-refractivity contribution in [1.82, 2.24) is 4.72 Å². The van der Waals surface area contributed by atoms with E-state index >= 15 is 0 Å². The number of hydrogen-bond donors (Lipinski definition) is 1. The molecule has 0 aromatic carbocycles. The fourth-order valence-electron chi connectivity index (χ4n) is 5.67. The van der Waals surface area contributed by atoms with Gasteiger partial charge in [0.15, 0.2) is 0 Å². The second-order valence-electron chi connectivity index (χ2n) is 8.79. The van der Waals surface area contributed by atoms with E-state index in [-0.39, 0.29) is 17.8 Å². The van der Waals surface area contributed by atoms with E-state index in [1.54, 1.807) is 0 Å². The van der Waals surface area contributed by atoms with Crippen molar-refractivity contribution >= 4 is 10.0 Å². The van der Waals surface area contributed by atoms with Crippen molar-refractivity contribution in [2.45, 2.75) is 74.8 Å². The molecule has 170 valence electrons. The van der Waals surface area contributed by atoms with Crippen LogP contribution in [-0.4, -0.2) is 37.7 Å². The molecule has 1 atom stereocenters. The van der Waals surface area contributed by atoms with Crippen LogP contribution in [0.2, 0.25) is 0 Å². The first-order valence-corrected chi connectivity index (χ1v) is 10.6. The van der Waals surface area contributed by atoms with Gasteiger partial charge in [0.1, 0.15) is 0 Å². The average molecular weight is 461 g/mol. The van der Waals surface area contributed by atoms with Gasteiger partial charge in [-0.05, 0) is 68.6 Å². The molecule has 0 saturated heterocycles. The molecule has 0 aromatic heterocycles. The molecule has 1 N–H and O–H groups in total. The Morgan fingerprint density at radius 1 is 0.793 bits per heavy atom. The molecule has 3 nitrogen and oxygen atoms in total. The van der Waals surface area contributed by atoms with E-state index in [9.17, 15) is 47.9 Å². The molecule has 4 bridgehead atoms. The third-order valence-corrected chi connectivity index (χ3v) is 8.38. The van der Waals surface area contributed by atoms with Gasteiger partial charge in [-0.3, -0.25) is 0 Å². The lowest BCUT2D eigenvalue weighted by atomic mass is 9.48. The van der Waals surface area contributed by atoms with Crippen LogP contribution in [0.3, 0.4) is 0 Å². The van der Waals surface area contributed by atoms with E-state index in [4.69, 9.17) is 0 Å². The average Bonchev–Trinajstić information content (AvgIpc) is 2.51. The second-order valence-corrected chi connectivity index (χ2v) is 10.5. The zero-order valence-corrected chi connectivity index (χ0v) is 16.0. The standard InChI is InChI=1S/C16H20F9NO2S/c1-8(12-5-9-2-10(6-12)4-11(3-9)7-12)26-29(27,28)16(24,25)14(19,20)13(17,18)15(21,22)23/h8-11,26H,2-7H2,1H3. The summed E-state index contributed by atoms with van der Waals surface area (Å²) in [6, 6.07) is -1.32. The van der Waals surface area contributed by atoms with Crippen LogP contribution in [0.25, 0.3) is 0 Å². The molecule has 4 saturated carbocycles. The Kier molecular flexibility index (Phi) is 5.06. The van der Waals surface area contributed by atoms with Gasteiger partial charge in [-0.15, -0.1) is 0 Å². The van der Waals surface area contributed by atoms with Crippen molar-refractivity contribution in [1.29, 1.82) is 0 Å². The van der Waals surface area contributed by atoms with Gasteiger partial charge in [-0.2, -0.15) is 39.5 Å². The van der Waals surface area contributed by atoms with Gasteiger partial charge in [0.05, 0.1) is 0 Å². The minimum Gasteiger partial charge on any atom is -0.206 e. The first-order valence-electron chi connectivity index (χ1n) is 9.08. The predicted molar refractivity (Wildman–Crippen MR) is 83.0 cm³/mol. The van der Waals surface area contributed by atoms with Gasteiger partial charge >= 0.3 is 23.3 Å². The summed E-state index contributed by atoms with van der Waals surface area (Å²) in [6.07, 6.45) is -3.00. The normalized spacial score (nSPS) is 34.5. The van der Waals surface area contributed by atoms with E-state index in [0.29, 0.717) is 19.3 Å². The summed E-state index contributed by atoms with van der Waals surface area (Å²) in [5.74, 6) is -13.8. The number of sulfonamides is 1. The predicted octanol–water partition coefficient (Wildman–Crippen LogP) is 4.94.